The van der Waals surface area contributed by atoms with Crippen LogP contribution in [0, 0.1) is 17.8 Å². The quantitative estimate of drug-likeness (QED) is 0.869. The van der Waals surface area contributed by atoms with Crippen LogP contribution in [-0.4, -0.2) is 37.0 Å². The van der Waals surface area contributed by atoms with E-state index < -0.39 is 0 Å². The van der Waals surface area contributed by atoms with Crippen LogP contribution in [0.1, 0.15) is 52.4 Å². The number of halogens is 1. The molecule has 4 heteroatoms. The van der Waals surface area contributed by atoms with Crippen LogP contribution in [0.15, 0.2) is 0 Å². The summed E-state index contributed by atoms with van der Waals surface area (Å²) in [6, 6.07) is 0. The van der Waals surface area contributed by atoms with Crippen molar-refractivity contribution in [2.45, 2.75) is 52.4 Å². The van der Waals surface area contributed by atoms with Crippen LogP contribution < -0.4 is 5.32 Å². The van der Waals surface area contributed by atoms with Gasteiger partial charge in [0.15, 0.2) is 0 Å². The number of amides is 1. The summed E-state index contributed by atoms with van der Waals surface area (Å²) in [5.41, 5.74) is 0. The molecule has 2 aliphatic rings. The Kier molecular flexibility index (Phi) is 7.90. The molecule has 0 aromatic rings. The van der Waals surface area contributed by atoms with Crippen molar-refractivity contribution in [3.63, 3.8) is 0 Å². The fourth-order valence-corrected chi connectivity index (χ4v) is 3.50. The van der Waals surface area contributed by atoms with E-state index in [1.165, 1.54) is 32.1 Å². The SMILES string of the molecule is CC(C)C1CCCN(C(=O)CC2CCNCC2)CC1.Cl. The van der Waals surface area contributed by atoms with Gasteiger partial charge < -0.3 is 10.2 Å². The van der Waals surface area contributed by atoms with Crippen molar-refractivity contribution in [2.24, 2.45) is 17.8 Å². The summed E-state index contributed by atoms with van der Waals surface area (Å²) in [5, 5.41) is 3.37. The Morgan fingerprint density at radius 1 is 1.15 bits per heavy atom. The topological polar surface area (TPSA) is 32.3 Å². The maximum absolute atomic E-state index is 12.4. The molecule has 3 nitrogen and oxygen atoms in total. The second kappa shape index (κ2) is 8.89. The molecule has 1 N–H and O–H groups in total. The summed E-state index contributed by atoms with van der Waals surface area (Å²) in [5.74, 6) is 2.62. The number of nitrogens with zero attached hydrogens (tertiary/aromatic N) is 1. The van der Waals surface area contributed by atoms with Crippen LogP contribution in [0.3, 0.4) is 0 Å². The van der Waals surface area contributed by atoms with Crippen molar-refractivity contribution < 1.29 is 4.79 Å². The first kappa shape index (κ1) is 17.8. The van der Waals surface area contributed by atoms with Gasteiger partial charge in [-0.05, 0) is 62.9 Å². The van der Waals surface area contributed by atoms with Gasteiger partial charge in [0, 0.05) is 19.5 Å². The summed E-state index contributed by atoms with van der Waals surface area (Å²) in [4.78, 5) is 14.5. The summed E-state index contributed by atoms with van der Waals surface area (Å²) < 4.78 is 0. The lowest BCUT2D eigenvalue weighted by Crippen LogP contribution is -2.36. The van der Waals surface area contributed by atoms with Crippen molar-refractivity contribution in [3.05, 3.63) is 0 Å². The molecule has 20 heavy (non-hydrogen) atoms. The molecule has 0 aliphatic carbocycles. The summed E-state index contributed by atoms with van der Waals surface area (Å²) in [6.07, 6.45) is 6.83. The van der Waals surface area contributed by atoms with Crippen LogP contribution in [0.2, 0.25) is 0 Å². The van der Waals surface area contributed by atoms with Crippen LogP contribution in [0.5, 0.6) is 0 Å². The molecule has 1 atom stereocenters. The van der Waals surface area contributed by atoms with Crippen molar-refractivity contribution in [2.75, 3.05) is 26.2 Å². The van der Waals surface area contributed by atoms with E-state index in [4.69, 9.17) is 0 Å². The minimum Gasteiger partial charge on any atom is -0.343 e. The molecular weight excluding hydrogens is 272 g/mol. The highest BCUT2D eigenvalue weighted by molar-refractivity contribution is 5.85. The second-order valence-electron chi connectivity index (χ2n) is 6.71. The smallest absolute Gasteiger partial charge is 0.222 e. The number of hydrogen-bond acceptors (Lipinski definition) is 2. The lowest BCUT2D eigenvalue weighted by molar-refractivity contribution is -0.132. The first-order valence-electron chi connectivity index (χ1n) is 8.15. The molecule has 0 aromatic heterocycles. The number of carbonyl (C=O) groups is 1. The molecule has 2 fully saturated rings. The van der Waals surface area contributed by atoms with Gasteiger partial charge in [-0.2, -0.15) is 0 Å². The van der Waals surface area contributed by atoms with E-state index in [-0.39, 0.29) is 12.4 Å². The van der Waals surface area contributed by atoms with E-state index in [0.717, 1.165) is 44.4 Å². The minimum atomic E-state index is 0. The summed E-state index contributed by atoms with van der Waals surface area (Å²) >= 11 is 0. The first-order valence-corrected chi connectivity index (χ1v) is 8.15. The van der Waals surface area contributed by atoms with Crippen LogP contribution in [0.25, 0.3) is 0 Å². The van der Waals surface area contributed by atoms with E-state index in [0.29, 0.717) is 11.8 Å². The zero-order chi connectivity index (χ0) is 13.7. The molecule has 0 bridgehead atoms. The molecule has 2 saturated heterocycles. The molecular formula is C16H31ClN2O. The monoisotopic (exact) mass is 302 g/mol. The number of piperidine rings is 1. The van der Waals surface area contributed by atoms with Gasteiger partial charge in [0.25, 0.3) is 0 Å². The fraction of sp³-hybridized carbons (Fsp3) is 0.938. The standard InChI is InChI=1S/C16H30N2O.ClH/c1-13(2)15-4-3-10-18(11-7-15)16(19)12-14-5-8-17-9-6-14;/h13-15,17H,3-12H2,1-2H3;1H. The Hall–Kier alpha value is -0.280. The van der Waals surface area contributed by atoms with E-state index >= 15 is 0 Å². The third kappa shape index (κ3) is 5.25. The van der Waals surface area contributed by atoms with Gasteiger partial charge in [-0.1, -0.05) is 13.8 Å². The van der Waals surface area contributed by atoms with Crippen LogP contribution >= 0.6 is 12.4 Å². The molecule has 0 spiro atoms. The minimum absolute atomic E-state index is 0. The van der Waals surface area contributed by atoms with Gasteiger partial charge in [-0.25, -0.2) is 0 Å². The zero-order valence-electron chi connectivity index (χ0n) is 13.1. The van der Waals surface area contributed by atoms with E-state index in [1.807, 2.05) is 0 Å². The molecule has 1 amide bonds. The lowest BCUT2D eigenvalue weighted by Gasteiger charge is -2.26. The average molecular weight is 303 g/mol. The van der Waals surface area contributed by atoms with E-state index in [2.05, 4.69) is 24.1 Å². The van der Waals surface area contributed by atoms with Gasteiger partial charge in [0.05, 0.1) is 0 Å². The molecule has 2 rings (SSSR count). The highest BCUT2D eigenvalue weighted by Crippen LogP contribution is 2.25. The maximum Gasteiger partial charge on any atom is 0.222 e. The summed E-state index contributed by atoms with van der Waals surface area (Å²) in [6.45, 7) is 8.80. The predicted molar refractivity (Wildman–Crippen MR) is 86.2 cm³/mol. The third-order valence-electron chi connectivity index (χ3n) is 4.99. The largest absolute Gasteiger partial charge is 0.343 e. The Labute approximate surface area is 130 Å². The number of carbonyl (C=O) groups excluding carboxylic acids is 1. The third-order valence-corrected chi connectivity index (χ3v) is 4.99. The Morgan fingerprint density at radius 3 is 2.50 bits per heavy atom. The Morgan fingerprint density at radius 2 is 1.85 bits per heavy atom. The van der Waals surface area contributed by atoms with Gasteiger partial charge in [-0.15, -0.1) is 12.4 Å². The molecule has 118 valence electrons. The number of rotatable bonds is 3. The van der Waals surface area contributed by atoms with Gasteiger partial charge in [0.1, 0.15) is 0 Å². The first-order chi connectivity index (χ1) is 9.16. The van der Waals surface area contributed by atoms with Crippen molar-refractivity contribution in [1.82, 2.24) is 10.2 Å². The Balaban J connectivity index is 0.00000200. The van der Waals surface area contributed by atoms with Crippen molar-refractivity contribution in [1.29, 1.82) is 0 Å². The fourth-order valence-electron chi connectivity index (χ4n) is 3.50. The van der Waals surface area contributed by atoms with E-state index in [9.17, 15) is 4.79 Å². The Bertz CT molecular complexity index is 290. The highest BCUT2D eigenvalue weighted by atomic mass is 35.5. The van der Waals surface area contributed by atoms with E-state index in [1.54, 1.807) is 0 Å². The predicted octanol–water partition coefficient (Wildman–Crippen LogP) is 3.08. The van der Waals surface area contributed by atoms with Gasteiger partial charge in [0.2, 0.25) is 5.91 Å². The highest BCUT2D eigenvalue weighted by Gasteiger charge is 2.24. The molecule has 0 radical (unpaired) electrons. The lowest BCUT2D eigenvalue weighted by atomic mass is 9.89. The molecule has 2 heterocycles. The van der Waals surface area contributed by atoms with Crippen LogP contribution in [0.4, 0.5) is 0 Å². The second-order valence-corrected chi connectivity index (χ2v) is 6.71. The normalized spacial score (nSPS) is 25.1. The van der Waals surface area contributed by atoms with Crippen LogP contribution in [-0.2, 0) is 4.79 Å². The maximum atomic E-state index is 12.4. The molecule has 2 aliphatic heterocycles. The zero-order valence-corrected chi connectivity index (χ0v) is 13.9. The number of nitrogens with one attached hydrogen (secondary N) is 1. The van der Waals surface area contributed by atoms with Crippen molar-refractivity contribution in [3.8, 4) is 0 Å². The van der Waals surface area contributed by atoms with Crippen molar-refractivity contribution >= 4 is 18.3 Å². The van der Waals surface area contributed by atoms with Gasteiger partial charge in [-0.3, -0.25) is 4.79 Å². The number of likely N-dealkylation sites (tertiary alicyclic amines) is 1. The molecule has 0 saturated carbocycles. The van der Waals surface area contributed by atoms with Gasteiger partial charge >= 0.3 is 0 Å². The number of hydrogen-bond donors (Lipinski definition) is 1. The average Bonchev–Trinajstić information content (AvgIpc) is 2.65. The summed E-state index contributed by atoms with van der Waals surface area (Å²) in [7, 11) is 0. The molecule has 0 aromatic carbocycles. The molecule has 1 unspecified atom stereocenters.